The van der Waals surface area contributed by atoms with Crippen molar-refractivity contribution in [3.63, 3.8) is 0 Å². The van der Waals surface area contributed by atoms with Gasteiger partial charge in [-0.25, -0.2) is 14.8 Å². The van der Waals surface area contributed by atoms with Gasteiger partial charge in [-0.15, -0.1) is 0 Å². The van der Waals surface area contributed by atoms with Gasteiger partial charge in [-0.2, -0.15) is 0 Å². The number of nitrogens with zero attached hydrogens (tertiary/aromatic N) is 3. The Morgan fingerprint density at radius 3 is 2.63 bits per heavy atom. The first-order valence-electron chi connectivity index (χ1n) is 10.3. The van der Waals surface area contributed by atoms with Crippen molar-refractivity contribution < 1.29 is 9.90 Å². The Morgan fingerprint density at radius 2 is 1.97 bits per heavy atom. The summed E-state index contributed by atoms with van der Waals surface area (Å²) in [6.07, 6.45) is 7.09. The van der Waals surface area contributed by atoms with E-state index in [1.54, 1.807) is 12.1 Å². The third kappa shape index (κ3) is 4.10. The summed E-state index contributed by atoms with van der Waals surface area (Å²) in [6, 6.07) is 15.1. The molecule has 1 heterocycles. The van der Waals surface area contributed by atoms with Crippen molar-refractivity contribution in [3.05, 3.63) is 84.2 Å². The lowest BCUT2D eigenvalue weighted by Crippen LogP contribution is -2.32. The lowest BCUT2D eigenvalue weighted by molar-refractivity contribution is 0.0697. The SMILES string of the molecule is C=C1N=C(C2CC2)N(Cc2ccc(-c3ccccc3C(=O)O)cc2)C1=N/C=C\CC. The second-order valence-corrected chi connectivity index (χ2v) is 7.57. The van der Waals surface area contributed by atoms with Gasteiger partial charge in [-0.05, 0) is 42.0 Å². The second-order valence-electron chi connectivity index (χ2n) is 7.57. The Balaban J connectivity index is 1.59. The Labute approximate surface area is 176 Å². The normalized spacial score (nSPS) is 17.8. The van der Waals surface area contributed by atoms with Gasteiger partial charge in [0.15, 0.2) is 5.84 Å². The first kappa shape index (κ1) is 19.8. The predicted molar refractivity (Wildman–Crippen MR) is 121 cm³/mol. The van der Waals surface area contributed by atoms with Crippen LogP contribution in [0.5, 0.6) is 0 Å². The molecule has 0 amide bonds. The number of aromatic carboxylic acids is 1. The number of carboxylic acids is 1. The quantitative estimate of drug-likeness (QED) is 0.667. The second kappa shape index (κ2) is 8.49. The number of carboxylic acid groups (broad SMARTS) is 1. The molecule has 30 heavy (non-hydrogen) atoms. The number of amidine groups is 2. The molecule has 0 aromatic heterocycles. The van der Waals surface area contributed by atoms with Crippen molar-refractivity contribution in [2.45, 2.75) is 32.7 Å². The molecule has 2 aromatic carbocycles. The van der Waals surface area contributed by atoms with E-state index >= 15 is 0 Å². The number of allylic oxidation sites excluding steroid dienone is 1. The molecule has 2 aliphatic rings. The summed E-state index contributed by atoms with van der Waals surface area (Å²) in [6.45, 7) is 6.84. The molecule has 0 spiro atoms. The molecular formula is C25H25N3O2. The summed E-state index contributed by atoms with van der Waals surface area (Å²) < 4.78 is 0. The van der Waals surface area contributed by atoms with Crippen LogP contribution in [0.15, 0.2) is 83.1 Å². The lowest BCUT2D eigenvalue weighted by Gasteiger charge is -2.21. The van der Waals surface area contributed by atoms with Crippen molar-refractivity contribution in [2.24, 2.45) is 15.9 Å². The molecule has 5 nitrogen and oxygen atoms in total. The molecule has 0 saturated heterocycles. The minimum Gasteiger partial charge on any atom is -0.478 e. The van der Waals surface area contributed by atoms with Gasteiger partial charge in [-0.3, -0.25) is 0 Å². The molecule has 0 bridgehead atoms. The molecule has 1 saturated carbocycles. The molecule has 0 unspecified atom stereocenters. The van der Waals surface area contributed by atoms with E-state index in [2.05, 4.69) is 23.4 Å². The van der Waals surface area contributed by atoms with Crippen molar-refractivity contribution >= 4 is 17.6 Å². The van der Waals surface area contributed by atoms with Crippen molar-refractivity contribution in [1.82, 2.24) is 4.90 Å². The average molecular weight is 399 g/mol. The van der Waals surface area contributed by atoms with Crippen molar-refractivity contribution in [1.29, 1.82) is 0 Å². The molecule has 0 atom stereocenters. The van der Waals surface area contributed by atoms with Gasteiger partial charge in [0.25, 0.3) is 0 Å². The van der Waals surface area contributed by atoms with Gasteiger partial charge < -0.3 is 10.0 Å². The van der Waals surface area contributed by atoms with Gasteiger partial charge in [-0.1, -0.05) is 62.0 Å². The Hall–Kier alpha value is -3.47. The van der Waals surface area contributed by atoms with Crippen LogP contribution in [0.4, 0.5) is 0 Å². The molecule has 1 aliphatic heterocycles. The topological polar surface area (TPSA) is 65.3 Å². The van der Waals surface area contributed by atoms with Crippen LogP contribution in [-0.2, 0) is 6.54 Å². The van der Waals surface area contributed by atoms with Crippen LogP contribution in [0.2, 0.25) is 0 Å². The number of rotatable bonds is 7. The van der Waals surface area contributed by atoms with Crippen LogP contribution < -0.4 is 0 Å². The molecule has 1 N–H and O–H groups in total. The van der Waals surface area contributed by atoms with Crippen LogP contribution >= 0.6 is 0 Å². The Bertz CT molecular complexity index is 1060. The van der Waals surface area contributed by atoms with E-state index in [1.807, 2.05) is 48.7 Å². The van der Waals surface area contributed by atoms with Crippen LogP contribution in [0, 0.1) is 5.92 Å². The smallest absolute Gasteiger partial charge is 0.336 e. The van der Waals surface area contributed by atoms with Crippen molar-refractivity contribution in [2.75, 3.05) is 0 Å². The highest BCUT2D eigenvalue weighted by Gasteiger charge is 2.37. The van der Waals surface area contributed by atoms with E-state index in [4.69, 9.17) is 4.99 Å². The molecule has 1 aliphatic carbocycles. The van der Waals surface area contributed by atoms with E-state index in [0.29, 0.717) is 23.7 Å². The minimum absolute atomic E-state index is 0.307. The zero-order chi connectivity index (χ0) is 21.1. The van der Waals surface area contributed by atoms with Crippen LogP contribution in [0.1, 0.15) is 42.1 Å². The van der Waals surface area contributed by atoms with Gasteiger partial charge >= 0.3 is 5.97 Å². The van der Waals surface area contributed by atoms with E-state index in [9.17, 15) is 9.90 Å². The molecular weight excluding hydrogens is 374 g/mol. The molecule has 152 valence electrons. The fourth-order valence-corrected chi connectivity index (χ4v) is 3.59. The fraction of sp³-hybridized carbons (Fsp3) is 0.240. The summed E-state index contributed by atoms with van der Waals surface area (Å²) >= 11 is 0. The monoisotopic (exact) mass is 399 g/mol. The maximum absolute atomic E-state index is 11.5. The number of carbonyl (C=O) groups is 1. The highest BCUT2D eigenvalue weighted by Crippen LogP contribution is 2.36. The van der Waals surface area contributed by atoms with E-state index in [0.717, 1.165) is 47.6 Å². The average Bonchev–Trinajstić information content (AvgIpc) is 3.55. The Kier molecular flexibility index (Phi) is 5.61. The Morgan fingerprint density at radius 1 is 1.23 bits per heavy atom. The number of hydrogen-bond donors (Lipinski definition) is 1. The maximum Gasteiger partial charge on any atom is 0.336 e. The van der Waals surface area contributed by atoms with E-state index < -0.39 is 5.97 Å². The van der Waals surface area contributed by atoms with Gasteiger partial charge in [0, 0.05) is 12.1 Å². The molecule has 5 heteroatoms. The maximum atomic E-state index is 11.5. The van der Waals surface area contributed by atoms with Crippen LogP contribution in [0.25, 0.3) is 11.1 Å². The van der Waals surface area contributed by atoms with Gasteiger partial charge in [0.1, 0.15) is 11.5 Å². The third-order valence-electron chi connectivity index (χ3n) is 5.28. The zero-order valence-electron chi connectivity index (χ0n) is 17.1. The zero-order valence-corrected chi connectivity index (χ0v) is 17.1. The summed E-state index contributed by atoms with van der Waals surface area (Å²) in [5, 5.41) is 9.45. The summed E-state index contributed by atoms with van der Waals surface area (Å²) in [4.78, 5) is 23.0. The number of benzene rings is 2. The largest absolute Gasteiger partial charge is 0.478 e. The van der Waals surface area contributed by atoms with E-state index in [-0.39, 0.29) is 0 Å². The van der Waals surface area contributed by atoms with Crippen molar-refractivity contribution in [3.8, 4) is 11.1 Å². The standard InChI is InChI=1S/C25H25N3O2/c1-3-4-15-26-23-17(2)27-24(20-13-14-20)28(23)16-18-9-11-19(12-10-18)21-7-5-6-8-22(21)25(29)30/h4-12,15,20H,2-3,13-14,16H2,1H3,(H,29,30)/b15-4-,26-23?. The first-order chi connectivity index (χ1) is 14.6. The lowest BCUT2D eigenvalue weighted by atomic mass is 9.98. The van der Waals surface area contributed by atoms with Crippen LogP contribution in [0.3, 0.4) is 0 Å². The first-order valence-corrected chi connectivity index (χ1v) is 10.3. The molecule has 4 rings (SSSR count). The molecule has 1 fully saturated rings. The fourth-order valence-electron chi connectivity index (χ4n) is 3.59. The minimum atomic E-state index is -0.920. The number of aliphatic imine (C=N–C) groups is 2. The predicted octanol–water partition coefficient (Wildman–Crippen LogP) is 5.51. The molecule has 0 radical (unpaired) electrons. The number of hydrogen-bond acceptors (Lipinski definition) is 3. The van der Waals surface area contributed by atoms with Gasteiger partial charge in [0.2, 0.25) is 0 Å². The molecule has 2 aromatic rings. The summed E-state index contributed by atoms with van der Waals surface area (Å²) in [5.41, 5.74) is 3.74. The highest BCUT2D eigenvalue weighted by molar-refractivity contribution is 6.15. The highest BCUT2D eigenvalue weighted by atomic mass is 16.4. The van der Waals surface area contributed by atoms with E-state index in [1.165, 1.54) is 0 Å². The summed E-state index contributed by atoms with van der Waals surface area (Å²) in [7, 11) is 0. The third-order valence-corrected chi connectivity index (χ3v) is 5.28. The van der Waals surface area contributed by atoms with Crippen LogP contribution in [-0.4, -0.2) is 27.6 Å². The summed E-state index contributed by atoms with van der Waals surface area (Å²) in [5.74, 6) is 1.44. The van der Waals surface area contributed by atoms with Gasteiger partial charge in [0.05, 0.1) is 12.1 Å².